The molecule has 0 saturated heterocycles. The first kappa shape index (κ1) is 15.1. The Hall–Kier alpha value is -2.32. The number of carbonyl (C=O) groups excluding carboxylic acids is 1. The summed E-state index contributed by atoms with van der Waals surface area (Å²) in [6, 6.07) is 9.46. The van der Waals surface area contributed by atoms with Crippen molar-refractivity contribution in [3.63, 3.8) is 0 Å². The van der Waals surface area contributed by atoms with Crippen molar-refractivity contribution in [1.29, 1.82) is 5.26 Å². The van der Waals surface area contributed by atoms with Gasteiger partial charge in [-0.2, -0.15) is 5.26 Å². The second-order valence-electron chi connectivity index (χ2n) is 5.42. The van der Waals surface area contributed by atoms with Gasteiger partial charge in [0.05, 0.1) is 18.0 Å². The van der Waals surface area contributed by atoms with Gasteiger partial charge < -0.3 is 15.6 Å². The molecular weight excluding hydrogens is 264 g/mol. The molecule has 2 rings (SSSR count). The fourth-order valence-electron chi connectivity index (χ4n) is 2.45. The van der Waals surface area contributed by atoms with Gasteiger partial charge >= 0.3 is 0 Å². The van der Waals surface area contributed by atoms with E-state index in [0.717, 1.165) is 16.5 Å². The summed E-state index contributed by atoms with van der Waals surface area (Å²) in [5.74, 6) is -0.332. The molecule has 2 atom stereocenters. The quantitative estimate of drug-likeness (QED) is 0.875. The number of hydrogen-bond donors (Lipinski definition) is 2. The lowest BCUT2D eigenvalue weighted by Crippen LogP contribution is -2.44. The molecule has 0 spiro atoms. The standard InChI is InChI=1S/C16H20N4O/c1-11(8-17)10-20(2)16(21)14(18)7-12-9-19-15-6-4-3-5-13(12)15/h3-6,9,11,14,19H,7,10,18H2,1-2H3/t11?,14-/m0/s1. The van der Waals surface area contributed by atoms with Crippen LogP contribution in [-0.4, -0.2) is 35.4 Å². The van der Waals surface area contributed by atoms with Gasteiger partial charge in [-0.25, -0.2) is 0 Å². The summed E-state index contributed by atoms with van der Waals surface area (Å²) in [5.41, 5.74) is 8.11. The number of aromatic amines is 1. The van der Waals surface area contributed by atoms with Crippen molar-refractivity contribution < 1.29 is 4.79 Å². The summed E-state index contributed by atoms with van der Waals surface area (Å²) in [5, 5.41) is 9.90. The predicted octanol–water partition coefficient (Wildman–Crippen LogP) is 1.66. The van der Waals surface area contributed by atoms with Crippen molar-refractivity contribution >= 4 is 16.8 Å². The second-order valence-corrected chi connectivity index (χ2v) is 5.42. The molecule has 1 amide bonds. The molecule has 0 aliphatic rings. The number of nitriles is 1. The van der Waals surface area contributed by atoms with E-state index in [1.165, 1.54) is 4.90 Å². The number of nitrogens with one attached hydrogen (secondary N) is 1. The molecule has 0 aliphatic carbocycles. The zero-order chi connectivity index (χ0) is 15.4. The van der Waals surface area contributed by atoms with Crippen LogP contribution in [0.1, 0.15) is 12.5 Å². The van der Waals surface area contributed by atoms with Gasteiger partial charge in [0.25, 0.3) is 0 Å². The Morgan fingerprint density at radius 2 is 2.19 bits per heavy atom. The normalized spacial score (nSPS) is 13.6. The van der Waals surface area contributed by atoms with E-state index in [2.05, 4.69) is 11.1 Å². The zero-order valence-electron chi connectivity index (χ0n) is 12.3. The van der Waals surface area contributed by atoms with E-state index in [-0.39, 0.29) is 11.8 Å². The van der Waals surface area contributed by atoms with Gasteiger partial charge in [0, 0.05) is 30.7 Å². The molecule has 0 saturated carbocycles. The average molecular weight is 284 g/mol. The highest BCUT2D eigenvalue weighted by Gasteiger charge is 2.20. The molecule has 21 heavy (non-hydrogen) atoms. The van der Waals surface area contributed by atoms with E-state index >= 15 is 0 Å². The largest absolute Gasteiger partial charge is 0.361 e. The van der Waals surface area contributed by atoms with Crippen LogP contribution < -0.4 is 5.73 Å². The fraction of sp³-hybridized carbons (Fsp3) is 0.375. The second kappa shape index (κ2) is 6.42. The SMILES string of the molecule is CC(C#N)CN(C)C(=O)[C@@H](N)Cc1c[nH]c2ccccc12. The van der Waals surface area contributed by atoms with Crippen LogP contribution in [0.15, 0.2) is 30.5 Å². The molecule has 3 N–H and O–H groups in total. The molecule has 2 aromatic rings. The van der Waals surface area contributed by atoms with Crippen molar-refractivity contribution in [3.8, 4) is 6.07 Å². The highest BCUT2D eigenvalue weighted by atomic mass is 16.2. The summed E-state index contributed by atoms with van der Waals surface area (Å²) in [6.07, 6.45) is 2.38. The van der Waals surface area contributed by atoms with Crippen LogP contribution >= 0.6 is 0 Å². The van der Waals surface area contributed by atoms with Gasteiger partial charge in [0.1, 0.15) is 0 Å². The molecule has 0 bridgehead atoms. The van der Waals surface area contributed by atoms with Crippen LogP contribution in [0.25, 0.3) is 10.9 Å². The third-order valence-electron chi connectivity index (χ3n) is 3.58. The lowest BCUT2D eigenvalue weighted by atomic mass is 10.0. The van der Waals surface area contributed by atoms with E-state index in [1.807, 2.05) is 30.5 Å². The van der Waals surface area contributed by atoms with Gasteiger partial charge in [-0.05, 0) is 25.0 Å². The van der Waals surface area contributed by atoms with Crippen LogP contribution in [0, 0.1) is 17.2 Å². The molecule has 1 aromatic heterocycles. The van der Waals surface area contributed by atoms with E-state index in [4.69, 9.17) is 11.0 Å². The molecule has 0 aliphatic heterocycles. The van der Waals surface area contributed by atoms with Crippen molar-refractivity contribution in [2.24, 2.45) is 11.7 Å². The number of fused-ring (bicyclic) bond motifs is 1. The fourth-order valence-corrected chi connectivity index (χ4v) is 2.45. The Balaban J connectivity index is 2.05. The first-order valence-electron chi connectivity index (χ1n) is 6.98. The van der Waals surface area contributed by atoms with Gasteiger partial charge in [-0.15, -0.1) is 0 Å². The zero-order valence-corrected chi connectivity index (χ0v) is 12.3. The van der Waals surface area contributed by atoms with Gasteiger partial charge in [-0.3, -0.25) is 4.79 Å². The molecule has 110 valence electrons. The highest BCUT2D eigenvalue weighted by molar-refractivity contribution is 5.86. The number of benzene rings is 1. The molecule has 5 nitrogen and oxygen atoms in total. The number of H-pyrrole nitrogens is 1. The molecule has 1 unspecified atom stereocenters. The molecule has 0 radical (unpaired) electrons. The van der Waals surface area contributed by atoms with Crippen molar-refractivity contribution in [2.75, 3.05) is 13.6 Å². The summed E-state index contributed by atoms with van der Waals surface area (Å²) in [7, 11) is 1.69. The number of hydrogen-bond acceptors (Lipinski definition) is 3. The number of likely N-dealkylation sites (N-methyl/N-ethyl adjacent to an activating group) is 1. The number of para-hydroxylation sites is 1. The Kier molecular flexibility index (Phi) is 4.61. The smallest absolute Gasteiger partial charge is 0.239 e. The van der Waals surface area contributed by atoms with Crippen LogP contribution in [0.3, 0.4) is 0 Å². The maximum Gasteiger partial charge on any atom is 0.239 e. The first-order valence-corrected chi connectivity index (χ1v) is 6.98. The number of nitrogens with zero attached hydrogens (tertiary/aromatic N) is 2. The molecule has 1 aromatic carbocycles. The third kappa shape index (κ3) is 3.41. The summed E-state index contributed by atoms with van der Waals surface area (Å²) < 4.78 is 0. The predicted molar refractivity (Wildman–Crippen MR) is 82.4 cm³/mol. The minimum Gasteiger partial charge on any atom is -0.361 e. The number of amides is 1. The van der Waals surface area contributed by atoms with Crippen LogP contribution in [-0.2, 0) is 11.2 Å². The average Bonchev–Trinajstić information content (AvgIpc) is 2.89. The van der Waals surface area contributed by atoms with Gasteiger partial charge in [0.15, 0.2) is 0 Å². The first-order chi connectivity index (χ1) is 10.0. The van der Waals surface area contributed by atoms with E-state index in [1.54, 1.807) is 14.0 Å². The lowest BCUT2D eigenvalue weighted by molar-refractivity contribution is -0.131. The minimum absolute atomic E-state index is 0.137. The topological polar surface area (TPSA) is 85.9 Å². The van der Waals surface area contributed by atoms with Crippen LogP contribution in [0.4, 0.5) is 0 Å². The highest BCUT2D eigenvalue weighted by Crippen LogP contribution is 2.19. The maximum absolute atomic E-state index is 12.2. The Labute approximate surface area is 124 Å². The van der Waals surface area contributed by atoms with Crippen molar-refractivity contribution in [2.45, 2.75) is 19.4 Å². The van der Waals surface area contributed by atoms with Crippen molar-refractivity contribution in [3.05, 3.63) is 36.0 Å². The summed E-state index contributed by atoms with van der Waals surface area (Å²) >= 11 is 0. The number of nitrogens with two attached hydrogens (primary N) is 1. The Morgan fingerprint density at radius 3 is 2.90 bits per heavy atom. The van der Waals surface area contributed by atoms with Gasteiger partial charge in [-0.1, -0.05) is 18.2 Å². The molecular formula is C16H20N4O. The van der Waals surface area contributed by atoms with Gasteiger partial charge in [0.2, 0.25) is 5.91 Å². The number of carbonyl (C=O) groups is 1. The van der Waals surface area contributed by atoms with Crippen LogP contribution in [0.2, 0.25) is 0 Å². The van der Waals surface area contributed by atoms with Crippen LogP contribution in [0.5, 0.6) is 0 Å². The number of rotatable bonds is 5. The van der Waals surface area contributed by atoms with Crippen molar-refractivity contribution in [1.82, 2.24) is 9.88 Å². The summed E-state index contributed by atoms with van der Waals surface area (Å²) in [6.45, 7) is 2.19. The Bertz CT molecular complexity index is 670. The maximum atomic E-state index is 12.2. The monoisotopic (exact) mass is 284 g/mol. The van der Waals surface area contributed by atoms with E-state index in [0.29, 0.717) is 13.0 Å². The molecule has 5 heteroatoms. The molecule has 0 fully saturated rings. The summed E-state index contributed by atoms with van der Waals surface area (Å²) in [4.78, 5) is 17.0. The number of aromatic nitrogens is 1. The lowest BCUT2D eigenvalue weighted by Gasteiger charge is -2.22. The van der Waals surface area contributed by atoms with E-state index < -0.39 is 6.04 Å². The minimum atomic E-state index is -0.597. The molecule has 1 heterocycles. The third-order valence-corrected chi connectivity index (χ3v) is 3.58. The van der Waals surface area contributed by atoms with E-state index in [9.17, 15) is 4.79 Å². The Morgan fingerprint density at radius 1 is 1.48 bits per heavy atom.